The summed E-state index contributed by atoms with van der Waals surface area (Å²) in [6.07, 6.45) is 0. The van der Waals surface area contributed by atoms with Crippen LogP contribution in [0.4, 0.5) is 17.1 Å². The SMILES string of the molecule is Nc1cc(S(=O)(=O)O)cc(N=Nc2ccc3ccccc3c2O)c1O.[Cu]. The Kier molecular flexibility index (Phi) is 5.52. The van der Waals surface area contributed by atoms with Gasteiger partial charge in [0.25, 0.3) is 10.1 Å². The second-order valence-corrected chi connectivity index (χ2v) is 6.63. The van der Waals surface area contributed by atoms with Crippen LogP contribution in [0, 0.1) is 0 Å². The van der Waals surface area contributed by atoms with Gasteiger partial charge in [0.05, 0.1) is 10.6 Å². The van der Waals surface area contributed by atoms with Crippen molar-refractivity contribution in [3.05, 3.63) is 48.5 Å². The molecule has 0 unspecified atom stereocenters. The number of fused-ring (bicyclic) bond motifs is 1. The monoisotopic (exact) mass is 422 g/mol. The van der Waals surface area contributed by atoms with Crippen molar-refractivity contribution in [1.29, 1.82) is 0 Å². The molecule has 0 heterocycles. The zero-order valence-corrected chi connectivity index (χ0v) is 14.7. The molecule has 0 atom stereocenters. The molecule has 3 aromatic rings. The number of nitrogen functional groups attached to an aromatic ring is 1. The van der Waals surface area contributed by atoms with Gasteiger partial charge in [-0.15, -0.1) is 10.2 Å². The van der Waals surface area contributed by atoms with Crippen LogP contribution in [0.25, 0.3) is 10.8 Å². The van der Waals surface area contributed by atoms with Crippen molar-refractivity contribution in [1.82, 2.24) is 0 Å². The quantitative estimate of drug-likeness (QED) is 0.167. The Labute approximate surface area is 159 Å². The van der Waals surface area contributed by atoms with Gasteiger partial charge < -0.3 is 15.9 Å². The fourth-order valence-corrected chi connectivity index (χ4v) is 2.81. The zero-order chi connectivity index (χ0) is 18.2. The Morgan fingerprint density at radius 3 is 2.23 bits per heavy atom. The van der Waals surface area contributed by atoms with Gasteiger partial charge in [0.2, 0.25) is 0 Å². The van der Waals surface area contributed by atoms with E-state index >= 15 is 0 Å². The number of azo groups is 1. The standard InChI is InChI=1S/C16H13N3O5S.Cu/c17-12-7-10(25(22,23)24)8-14(16(12)21)19-18-13-6-5-9-3-1-2-4-11(9)15(13)20;/h1-8,20-21H,17H2,(H,22,23,24);. The van der Waals surface area contributed by atoms with Gasteiger partial charge in [-0.3, -0.25) is 4.55 Å². The molecule has 0 amide bonds. The van der Waals surface area contributed by atoms with Crippen molar-refractivity contribution in [2.24, 2.45) is 10.2 Å². The number of anilines is 1. The van der Waals surface area contributed by atoms with E-state index < -0.39 is 20.8 Å². The van der Waals surface area contributed by atoms with Gasteiger partial charge in [-0.1, -0.05) is 30.3 Å². The molecule has 0 aliphatic heterocycles. The molecule has 0 bridgehead atoms. The Balaban J connectivity index is 0.00000243. The van der Waals surface area contributed by atoms with Crippen molar-refractivity contribution in [3.8, 4) is 11.5 Å². The Bertz CT molecular complexity index is 1120. The fourth-order valence-electron chi connectivity index (χ4n) is 2.27. The Hall–Kier alpha value is -2.65. The summed E-state index contributed by atoms with van der Waals surface area (Å²) in [5, 5.41) is 29.1. The van der Waals surface area contributed by atoms with E-state index in [1.807, 2.05) is 12.1 Å². The van der Waals surface area contributed by atoms with Gasteiger partial charge in [-0.25, -0.2) is 0 Å². The number of hydrogen-bond acceptors (Lipinski definition) is 7. The number of phenols is 2. The van der Waals surface area contributed by atoms with Crippen LogP contribution in [0.3, 0.4) is 0 Å². The first kappa shape index (κ1) is 19.7. The van der Waals surface area contributed by atoms with Crippen molar-refractivity contribution in [2.75, 3.05) is 5.73 Å². The average Bonchev–Trinajstić information content (AvgIpc) is 2.57. The molecule has 10 heteroatoms. The summed E-state index contributed by atoms with van der Waals surface area (Å²) in [4.78, 5) is -0.528. The van der Waals surface area contributed by atoms with E-state index in [2.05, 4.69) is 10.2 Å². The van der Waals surface area contributed by atoms with Crippen LogP contribution in [0.2, 0.25) is 0 Å². The van der Waals surface area contributed by atoms with Crippen LogP contribution >= 0.6 is 0 Å². The molecule has 3 rings (SSSR count). The third-order valence-corrected chi connectivity index (χ3v) is 4.37. The molecule has 0 saturated heterocycles. The van der Waals surface area contributed by atoms with Crippen LogP contribution in [0.15, 0.2) is 63.7 Å². The second-order valence-electron chi connectivity index (χ2n) is 5.21. The third kappa shape index (κ3) is 3.78. The Morgan fingerprint density at radius 1 is 0.885 bits per heavy atom. The van der Waals surface area contributed by atoms with Crippen molar-refractivity contribution >= 4 is 38.0 Å². The summed E-state index contributed by atoms with van der Waals surface area (Å²) in [5.74, 6) is -0.600. The predicted molar refractivity (Wildman–Crippen MR) is 92.1 cm³/mol. The molecular formula is C16H13CuN3O5S. The Morgan fingerprint density at radius 2 is 1.54 bits per heavy atom. The maximum absolute atomic E-state index is 11.2. The van der Waals surface area contributed by atoms with Crippen molar-refractivity contribution < 1.29 is 40.3 Å². The van der Waals surface area contributed by atoms with Crippen LogP contribution in [-0.2, 0) is 27.2 Å². The van der Waals surface area contributed by atoms with Crippen LogP contribution in [0.5, 0.6) is 11.5 Å². The van der Waals surface area contributed by atoms with E-state index in [0.717, 1.165) is 17.5 Å². The number of phenolic OH excluding ortho intramolecular Hbond substituents is 2. The number of rotatable bonds is 3. The first-order valence-electron chi connectivity index (χ1n) is 7.00. The normalized spacial score (nSPS) is 11.6. The summed E-state index contributed by atoms with van der Waals surface area (Å²) in [5.41, 5.74) is 5.09. The first-order valence-corrected chi connectivity index (χ1v) is 8.44. The maximum atomic E-state index is 11.2. The third-order valence-electron chi connectivity index (χ3n) is 3.54. The number of benzene rings is 3. The van der Waals surface area contributed by atoms with Crippen molar-refractivity contribution in [3.63, 3.8) is 0 Å². The minimum absolute atomic E-state index is 0. The van der Waals surface area contributed by atoms with E-state index in [1.54, 1.807) is 18.2 Å². The minimum Gasteiger partial charge on any atom is -0.505 e. The van der Waals surface area contributed by atoms with Crippen LogP contribution < -0.4 is 5.73 Å². The van der Waals surface area contributed by atoms with Gasteiger partial charge in [0, 0.05) is 22.5 Å². The van der Waals surface area contributed by atoms with Gasteiger partial charge in [0.1, 0.15) is 11.4 Å². The number of nitrogens with zero attached hydrogens (tertiary/aromatic N) is 2. The molecule has 8 nitrogen and oxygen atoms in total. The van der Waals surface area contributed by atoms with Gasteiger partial charge in [0.15, 0.2) is 11.5 Å². The van der Waals surface area contributed by atoms with Gasteiger partial charge in [-0.2, -0.15) is 8.42 Å². The molecule has 3 aromatic carbocycles. The van der Waals surface area contributed by atoms with Gasteiger partial charge >= 0.3 is 0 Å². The molecule has 0 aliphatic carbocycles. The molecule has 0 spiro atoms. The topological polar surface area (TPSA) is 146 Å². The van der Waals surface area contributed by atoms with Gasteiger partial charge in [-0.05, 0) is 23.6 Å². The number of aromatic hydroxyl groups is 2. The smallest absolute Gasteiger partial charge is 0.294 e. The zero-order valence-electron chi connectivity index (χ0n) is 13.0. The van der Waals surface area contributed by atoms with Crippen LogP contribution in [-0.4, -0.2) is 23.2 Å². The van der Waals surface area contributed by atoms with Crippen LogP contribution in [0.1, 0.15) is 0 Å². The summed E-state index contributed by atoms with van der Waals surface area (Å²) in [6, 6.07) is 12.2. The molecule has 0 fully saturated rings. The van der Waals surface area contributed by atoms with E-state index in [1.165, 1.54) is 6.07 Å². The number of nitrogens with two attached hydrogens (primary N) is 1. The van der Waals surface area contributed by atoms with E-state index in [4.69, 9.17) is 10.3 Å². The molecule has 5 N–H and O–H groups in total. The second kappa shape index (κ2) is 7.30. The predicted octanol–water partition coefficient (Wildman–Crippen LogP) is 3.49. The van der Waals surface area contributed by atoms with E-state index in [0.29, 0.717) is 5.39 Å². The first-order chi connectivity index (χ1) is 11.8. The summed E-state index contributed by atoms with van der Waals surface area (Å²) in [7, 11) is -4.53. The molecule has 139 valence electrons. The molecular weight excluding hydrogens is 410 g/mol. The van der Waals surface area contributed by atoms with Crippen molar-refractivity contribution in [2.45, 2.75) is 4.90 Å². The largest absolute Gasteiger partial charge is 0.505 e. The molecule has 26 heavy (non-hydrogen) atoms. The summed E-state index contributed by atoms with van der Waals surface area (Å²) in [6.45, 7) is 0. The summed E-state index contributed by atoms with van der Waals surface area (Å²) < 4.78 is 31.6. The average molecular weight is 423 g/mol. The summed E-state index contributed by atoms with van der Waals surface area (Å²) >= 11 is 0. The number of hydrogen-bond donors (Lipinski definition) is 4. The van der Waals surface area contributed by atoms with E-state index in [9.17, 15) is 18.6 Å². The molecule has 0 aromatic heterocycles. The molecule has 0 aliphatic rings. The van der Waals surface area contributed by atoms with E-state index in [-0.39, 0.29) is 39.9 Å². The minimum atomic E-state index is -4.53. The fraction of sp³-hybridized carbons (Fsp3) is 0. The molecule has 0 saturated carbocycles. The maximum Gasteiger partial charge on any atom is 0.294 e. The molecule has 1 radical (unpaired) electrons.